The maximum atomic E-state index is 3.78. The van der Waals surface area contributed by atoms with E-state index in [0.29, 0.717) is 0 Å². The van der Waals surface area contributed by atoms with Crippen molar-refractivity contribution in [3.63, 3.8) is 0 Å². The van der Waals surface area contributed by atoms with Crippen LogP contribution >= 0.6 is 0 Å². The molecule has 3 aromatic carbocycles. The summed E-state index contributed by atoms with van der Waals surface area (Å²) in [7, 11) is 0. The van der Waals surface area contributed by atoms with E-state index in [0.717, 1.165) is 0 Å². The normalized spacial score (nSPS) is 10.1. The van der Waals surface area contributed by atoms with Gasteiger partial charge in [-0.05, 0) is 28.8 Å². The Morgan fingerprint density at radius 3 is 2.14 bits per heavy atom. The van der Waals surface area contributed by atoms with Crippen LogP contribution in [0.4, 0.5) is 0 Å². The number of allylic oxidation sites excluding steroid dienone is 1. The number of hydrogen-bond donors (Lipinski definition) is 0. The quantitative estimate of drug-likeness (QED) is 0.521. The molecule has 0 heteroatoms. The molecule has 0 nitrogen and oxygen atoms in total. The van der Waals surface area contributed by atoms with E-state index in [2.05, 4.69) is 67.3 Å². The average molecular weight is 272 g/mol. The van der Waals surface area contributed by atoms with Gasteiger partial charge in [-0.15, -0.1) is 0 Å². The molecule has 0 fully saturated rings. The lowest BCUT2D eigenvalue weighted by Gasteiger charge is -1.99. The van der Waals surface area contributed by atoms with Crippen molar-refractivity contribution in [2.45, 2.75) is 6.92 Å². The summed E-state index contributed by atoms with van der Waals surface area (Å²) in [5, 5.41) is 2.55. The summed E-state index contributed by atoms with van der Waals surface area (Å²) in [5.74, 6) is 0. The molecule has 0 atom stereocenters. The van der Waals surface area contributed by atoms with Gasteiger partial charge in [-0.2, -0.15) is 0 Å². The molecule has 0 amide bonds. The molecule has 21 heavy (non-hydrogen) atoms. The third-order valence-corrected chi connectivity index (χ3v) is 3.20. The molecule has 0 radical (unpaired) electrons. The van der Waals surface area contributed by atoms with Crippen molar-refractivity contribution in [1.29, 1.82) is 0 Å². The molecule has 0 saturated carbocycles. The molecule has 0 aliphatic heterocycles. The van der Waals surface area contributed by atoms with E-state index in [1.54, 1.807) is 0 Å². The third kappa shape index (κ3) is 4.19. The highest BCUT2D eigenvalue weighted by Crippen LogP contribution is 2.18. The van der Waals surface area contributed by atoms with E-state index in [4.69, 9.17) is 0 Å². The maximum absolute atomic E-state index is 3.78. The summed E-state index contributed by atoms with van der Waals surface area (Å²) >= 11 is 0. The van der Waals surface area contributed by atoms with Gasteiger partial charge in [0.2, 0.25) is 0 Å². The summed E-state index contributed by atoms with van der Waals surface area (Å²) in [6, 6.07) is 24.8. The molecule has 0 N–H and O–H groups in total. The van der Waals surface area contributed by atoms with Crippen molar-refractivity contribution in [3.8, 4) is 0 Å². The lowest BCUT2D eigenvalue weighted by Crippen LogP contribution is -1.75. The minimum atomic E-state index is 1.20. The molecule has 0 heterocycles. The second-order valence-electron chi connectivity index (χ2n) is 4.68. The van der Waals surface area contributed by atoms with Gasteiger partial charge in [0, 0.05) is 0 Å². The van der Waals surface area contributed by atoms with Crippen LogP contribution in [-0.2, 0) is 0 Å². The van der Waals surface area contributed by atoms with E-state index < -0.39 is 0 Å². The Labute approximate surface area is 127 Å². The fourth-order valence-corrected chi connectivity index (χ4v) is 2.19. The highest BCUT2D eigenvalue weighted by Gasteiger charge is 1.93. The van der Waals surface area contributed by atoms with Crippen LogP contribution in [0.15, 0.2) is 85.5 Å². The van der Waals surface area contributed by atoms with E-state index in [-0.39, 0.29) is 0 Å². The Balaban J connectivity index is 0.000000161. The van der Waals surface area contributed by atoms with Crippen LogP contribution in [0.25, 0.3) is 22.9 Å². The summed E-state index contributed by atoms with van der Waals surface area (Å²) in [5.41, 5.74) is 2.47. The van der Waals surface area contributed by atoms with E-state index in [9.17, 15) is 0 Å². The molecule has 0 aromatic heterocycles. The number of hydrogen-bond acceptors (Lipinski definition) is 0. The van der Waals surface area contributed by atoms with E-state index >= 15 is 0 Å². The van der Waals surface area contributed by atoms with E-state index in [1.165, 1.54) is 21.9 Å². The first-order valence-corrected chi connectivity index (χ1v) is 7.13. The molecular weight excluding hydrogens is 252 g/mol. The molecule has 0 unspecified atom stereocenters. The number of benzene rings is 3. The van der Waals surface area contributed by atoms with Crippen LogP contribution < -0.4 is 0 Å². The van der Waals surface area contributed by atoms with Gasteiger partial charge in [-0.1, -0.05) is 97.6 Å². The minimum Gasteiger partial charge on any atom is -0.0984 e. The minimum absolute atomic E-state index is 1.20. The van der Waals surface area contributed by atoms with Crippen LogP contribution in [0.2, 0.25) is 0 Å². The van der Waals surface area contributed by atoms with Gasteiger partial charge in [0.25, 0.3) is 0 Å². The van der Waals surface area contributed by atoms with Gasteiger partial charge in [0.1, 0.15) is 0 Å². The van der Waals surface area contributed by atoms with Crippen molar-refractivity contribution in [2.75, 3.05) is 0 Å². The zero-order valence-corrected chi connectivity index (χ0v) is 12.4. The Kier molecular flexibility index (Phi) is 5.54. The summed E-state index contributed by atoms with van der Waals surface area (Å²) in [4.78, 5) is 0. The lowest BCUT2D eigenvalue weighted by molar-refractivity contribution is 1.64. The van der Waals surface area contributed by atoms with Gasteiger partial charge < -0.3 is 0 Å². The third-order valence-electron chi connectivity index (χ3n) is 3.20. The summed E-state index contributed by atoms with van der Waals surface area (Å²) < 4.78 is 0. The second-order valence-corrected chi connectivity index (χ2v) is 4.68. The maximum Gasteiger partial charge on any atom is -0.0112 e. The molecule has 104 valence electrons. The highest BCUT2D eigenvalue weighted by atomic mass is 14.0. The zero-order chi connectivity index (χ0) is 14.9. The van der Waals surface area contributed by atoms with Crippen LogP contribution in [0.1, 0.15) is 18.1 Å². The fourth-order valence-electron chi connectivity index (χ4n) is 2.19. The highest BCUT2D eigenvalue weighted by molar-refractivity contribution is 5.90. The van der Waals surface area contributed by atoms with Crippen LogP contribution in [0.3, 0.4) is 0 Å². The number of rotatable bonds is 2. The molecule has 0 aliphatic rings. The van der Waals surface area contributed by atoms with Gasteiger partial charge in [-0.25, -0.2) is 0 Å². The predicted molar refractivity (Wildman–Crippen MR) is 95.2 cm³/mol. The van der Waals surface area contributed by atoms with Gasteiger partial charge >= 0.3 is 0 Å². The molecule has 0 aliphatic carbocycles. The smallest absolute Gasteiger partial charge is 0.0112 e. The topological polar surface area (TPSA) is 0 Å². The van der Waals surface area contributed by atoms with Gasteiger partial charge in [0.15, 0.2) is 0 Å². The molecule has 3 aromatic rings. The summed E-state index contributed by atoms with van der Waals surface area (Å²) in [6.45, 7) is 5.80. The van der Waals surface area contributed by atoms with E-state index in [1.807, 2.05) is 37.3 Å². The average Bonchev–Trinajstić information content (AvgIpc) is 2.56. The van der Waals surface area contributed by atoms with Crippen molar-refractivity contribution in [3.05, 3.63) is 96.6 Å². The molecule has 3 rings (SSSR count). The van der Waals surface area contributed by atoms with Crippen molar-refractivity contribution in [2.24, 2.45) is 0 Å². The fraction of sp³-hybridized carbons (Fsp3) is 0.0476. The Morgan fingerprint density at radius 2 is 1.43 bits per heavy atom. The van der Waals surface area contributed by atoms with Crippen LogP contribution in [-0.4, -0.2) is 0 Å². The van der Waals surface area contributed by atoms with Crippen LogP contribution in [0.5, 0.6) is 0 Å². The van der Waals surface area contributed by atoms with Gasteiger partial charge in [0.05, 0.1) is 0 Å². The van der Waals surface area contributed by atoms with Crippen LogP contribution in [0, 0.1) is 0 Å². The SMILES string of the molecule is C=Cc1cccc2ccccc12.CC=Cc1ccccc1. The Hall–Kier alpha value is -2.60. The van der Waals surface area contributed by atoms with Crippen molar-refractivity contribution in [1.82, 2.24) is 0 Å². The molecule has 0 spiro atoms. The summed E-state index contributed by atoms with van der Waals surface area (Å²) in [6.07, 6.45) is 6.01. The van der Waals surface area contributed by atoms with Gasteiger partial charge in [-0.3, -0.25) is 0 Å². The molecular formula is C21H20. The Morgan fingerprint density at radius 1 is 0.762 bits per heavy atom. The largest absolute Gasteiger partial charge is 0.0984 e. The van der Waals surface area contributed by atoms with Crippen molar-refractivity contribution < 1.29 is 0 Å². The first-order valence-electron chi connectivity index (χ1n) is 7.13. The standard InChI is InChI=1S/C12H10.C9H10/c1-2-10-7-5-8-11-6-3-4-9-12(10)11;1-2-6-9-7-4-3-5-8-9/h2-9H,1H2;2-8H,1H3. The predicted octanol–water partition coefficient (Wildman–Crippen LogP) is 6.20. The monoisotopic (exact) mass is 272 g/mol. The zero-order valence-electron chi connectivity index (χ0n) is 12.4. The first-order chi connectivity index (χ1) is 10.3. The first kappa shape index (κ1) is 14.8. The second kappa shape index (κ2) is 7.86. The number of fused-ring (bicyclic) bond motifs is 1. The molecule has 0 bridgehead atoms. The van der Waals surface area contributed by atoms with Crippen molar-refractivity contribution >= 4 is 22.9 Å². The lowest BCUT2D eigenvalue weighted by atomic mass is 10.1. The Bertz CT molecular complexity index is 716. The molecule has 0 saturated heterocycles.